The van der Waals surface area contributed by atoms with Gasteiger partial charge in [0.1, 0.15) is 5.82 Å². The van der Waals surface area contributed by atoms with Crippen LogP contribution in [0, 0.1) is 5.82 Å². The second-order valence-electron chi connectivity index (χ2n) is 5.23. The Kier molecular flexibility index (Phi) is 4.91. The molecule has 0 atom stereocenters. The predicted octanol–water partition coefficient (Wildman–Crippen LogP) is 3.03. The smallest absolute Gasteiger partial charge is 0.238 e. The molecule has 0 aromatic heterocycles. The Morgan fingerprint density at radius 1 is 1.32 bits per heavy atom. The molecule has 0 spiro atoms. The summed E-state index contributed by atoms with van der Waals surface area (Å²) in [5.74, 6) is -0.547. The quantitative estimate of drug-likeness (QED) is 0.906. The van der Waals surface area contributed by atoms with E-state index in [2.05, 4.69) is 10.2 Å². The largest absolute Gasteiger partial charge is 0.322 e. The molecule has 0 radical (unpaired) electrons. The molecule has 1 N–H and O–H groups in total. The Morgan fingerprint density at radius 2 is 2.00 bits per heavy atom. The van der Waals surface area contributed by atoms with Gasteiger partial charge in [0.15, 0.2) is 0 Å². The van der Waals surface area contributed by atoms with Crippen molar-refractivity contribution in [3.63, 3.8) is 0 Å². The number of carbonyl (C=O) groups is 1. The molecule has 0 aliphatic heterocycles. The lowest BCUT2D eigenvalue weighted by Crippen LogP contribution is -2.39. The van der Waals surface area contributed by atoms with Crippen LogP contribution >= 0.6 is 0 Å². The minimum atomic E-state index is -0.392. The third-order valence-electron chi connectivity index (χ3n) is 3.74. The van der Waals surface area contributed by atoms with E-state index in [0.717, 1.165) is 12.8 Å². The SMILES string of the molecule is CN(CC(=O)Nc1ccccc1F)C1CCCCC1. The molecular formula is C15H21FN2O. The molecule has 1 aliphatic carbocycles. The average molecular weight is 264 g/mol. The zero-order valence-electron chi connectivity index (χ0n) is 11.4. The summed E-state index contributed by atoms with van der Waals surface area (Å²) in [7, 11) is 1.97. The van der Waals surface area contributed by atoms with Gasteiger partial charge in [0, 0.05) is 6.04 Å². The number of halogens is 1. The Morgan fingerprint density at radius 3 is 2.68 bits per heavy atom. The molecule has 0 saturated heterocycles. The predicted molar refractivity (Wildman–Crippen MR) is 74.5 cm³/mol. The lowest BCUT2D eigenvalue weighted by molar-refractivity contribution is -0.117. The highest BCUT2D eigenvalue weighted by molar-refractivity contribution is 5.92. The molecule has 3 nitrogen and oxygen atoms in total. The number of para-hydroxylation sites is 1. The van der Waals surface area contributed by atoms with Crippen LogP contribution in [0.25, 0.3) is 0 Å². The van der Waals surface area contributed by atoms with Crippen molar-refractivity contribution in [2.45, 2.75) is 38.1 Å². The molecule has 0 bridgehead atoms. The zero-order chi connectivity index (χ0) is 13.7. The first-order valence-corrected chi connectivity index (χ1v) is 6.91. The number of anilines is 1. The van der Waals surface area contributed by atoms with E-state index in [4.69, 9.17) is 0 Å². The average Bonchev–Trinajstić information content (AvgIpc) is 2.42. The van der Waals surface area contributed by atoms with Crippen molar-refractivity contribution in [2.75, 3.05) is 18.9 Å². The van der Waals surface area contributed by atoms with Crippen LogP contribution in [0.15, 0.2) is 24.3 Å². The molecule has 0 heterocycles. The number of nitrogens with one attached hydrogen (secondary N) is 1. The fraction of sp³-hybridized carbons (Fsp3) is 0.533. The van der Waals surface area contributed by atoms with Gasteiger partial charge in [-0.3, -0.25) is 9.69 Å². The monoisotopic (exact) mass is 264 g/mol. The molecule has 2 rings (SSSR count). The van der Waals surface area contributed by atoms with E-state index in [-0.39, 0.29) is 11.6 Å². The molecule has 1 amide bonds. The van der Waals surface area contributed by atoms with E-state index < -0.39 is 5.82 Å². The van der Waals surface area contributed by atoms with Crippen LogP contribution in [0.2, 0.25) is 0 Å². The van der Waals surface area contributed by atoms with E-state index >= 15 is 0 Å². The van der Waals surface area contributed by atoms with Crippen molar-refractivity contribution in [3.8, 4) is 0 Å². The van der Waals surface area contributed by atoms with Gasteiger partial charge in [-0.1, -0.05) is 31.4 Å². The molecule has 1 fully saturated rings. The summed E-state index contributed by atoms with van der Waals surface area (Å²) in [6, 6.07) is 6.73. The molecule has 1 aromatic carbocycles. The number of rotatable bonds is 4. The Hall–Kier alpha value is -1.42. The van der Waals surface area contributed by atoms with E-state index in [1.165, 1.54) is 25.3 Å². The van der Waals surface area contributed by atoms with Crippen LogP contribution in [0.1, 0.15) is 32.1 Å². The highest BCUT2D eigenvalue weighted by atomic mass is 19.1. The van der Waals surface area contributed by atoms with E-state index in [0.29, 0.717) is 12.6 Å². The number of amides is 1. The fourth-order valence-electron chi connectivity index (χ4n) is 2.63. The van der Waals surface area contributed by atoms with Gasteiger partial charge in [-0.05, 0) is 32.0 Å². The summed E-state index contributed by atoms with van der Waals surface area (Å²) >= 11 is 0. The Balaban J connectivity index is 1.85. The van der Waals surface area contributed by atoms with Gasteiger partial charge in [-0.2, -0.15) is 0 Å². The van der Waals surface area contributed by atoms with E-state index in [1.807, 2.05) is 7.05 Å². The highest BCUT2D eigenvalue weighted by Crippen LogP contribution is 2.21. The molecule has 19 heavy (non-hydrogen) atoms. The number of benzene rings is 1. The van der Waals surface area contributed by atoms with Crippen LogP contribution in [0.5, 0.6) is 0 Å². The van der Waals surface area contributed by atoms with Gasteiger partial charge in [-0.15, -0.1) is 0 Å². The zero-order valence-corrected chi connectivity index (χ0v) is 11.4. The number of hydrogen-bond donors (Lipinski definition) is 1. The van der Waals surface area contributed by atoms with Crippen LogP contribution in [-0.4, -0.2) is 30.4 Å². The molecule has 104 valence electrons. The van der Waals surface area contributed by atoms with Crippen LogP contribution < -0.4 is 5.32 Å². The normalized spacial score (nSPS) is 16.6. The van der Waals surface area contributed by atoms with E-state index in [9.17, 15) is 9.18 Å². The maximum Gasteiger partial charge on any atom is 0.238 e. The van der Waals surface area contributed by atoms with Crippen LogP contribution in [0.3, 0.4) is 0 Å². The van der Waals surface area contributed by atoms with Gasteiger partial charge < -0.3 is 5.32 Å². The summed E-state index contributed by atoms with van der Waals surface area (Å²) in [5.41, 5.74) is 0.254. The van der Waals surface area contributed by atoms with Crippen molar-refractivity contribution in [1.29, 1.82) is 0 Å². The topological polar surface area (TPSA) is 32.3 Å². The maximum atomic E-state index is 13.4. The summed E-state index contributed by atoms with van der Waals surface area (Å²) in [4.78, 5) is 14.0. The summed E-state index contributed by atoms with van der Waals surface area (Å²) in [6.45, 7) is 0.318. The van der Waals surface area contributed by atoms with Gasteiger partial charge in [0.05, 0.1) is 12.2 Å². The van der Waals surface area contributed by atoms with Crippen molar-refractivity contribution in [2.24, 2.45) is 0 Å². The Labute approximate surface area is 113 Å². The molecular weight excluding hydrogens is 243 g/mol. The third-order valence-corrected chi connectivity index (χ3v) is 3.74. The van der Waals surface area contributed by atoms with Gasteiger partial charge in [-0.25, -0.2) is 4.39 Å². The minimum absolute atomic E-state index is 0.154. The first kappa shape index (κ1) is 14.0. The number of hydrogen-bond acceptors (Lipinski definition) is 2. The summed E-state index contributed by atoms with van der Waals surface area (Å²) in [5, 5.41) is 2.62. The number of carbonyl (C=O) groups excluding carboxylic acids is 1. The second-order valence-corrected chi connectivity index (χ2v) is 5.23. The molecule has 1 aromatic rings. The first-order valence-electron chi connectivity index (χ1n) is 6.91. The third kappa shape index (κ3) is 4.03. The van der Waals surface area contributed by atoms with Crippen molar-refractivity contribution in [3.05, 3.63) is 30.1 Å². The van der Waals surface area contributed by atoms with Gasteiger partial charge in [0.2, 0.25) is 5.91 Å². The second kappa shape index (κ2) is 6.66. The molecule has 1 aliphatic rings. The van der Waals surface area contributed by atoms with Crippen molar-refractivity contribution < 1.29 is 9.18 Å². The first-order chi connectivity index (χ1) is 9.16. The number of nitrogens with zero attached hydrogens (tertiary/aromatic N) is 1. The summed E-state index contributed by atoms with van der Waals surface area (Å²) in [6.07, 6.45) is 6.09. The van der Waals surface area contributed by atoms with Gasteiger partial charge >= 0.3 is 0 Å². The summed E-state index contributed by atoms with van der Waals surface area (Å²) < 4.78 is 13.4. The molecule has 0 unspecified atom stereocenters. The van der Waals surface area contributed by atoms with Crippen molar-refractivity contribution in [1.82, 2.24) is 4.90 Å². The number of likely N-dealkylation sites (N-methyl/N-ethyl adjacent to an activating group) is 1. The van der Waals surface area contributed by atoms with Crippen LogP contribution in [-0.2, 0) is 4.79 Å². The highest BCUT2D eigenvalue weighted by Gasteiger charge is 2.20. The van der Waals surface area contributed by atoms with E-state index in [1.54, 1.807) is 18.2 Å². The van der Waals surface area contributed by atoms with Gasteiger partial charge in [0.25, 0.3) is 0 Å². The minimum Gasteiger partial charge on any atom is -0.322 e. The lowest BCUT2D eigenvalue weighted by Gasteiger charge is -2.30. The fourth-order valence-corrected chi connectivity index (χ4v) is 2.63. The standard InChI is InChI=1S/C15H21FN2O/c1-18(12-7-3-2-4-8-12)11-15(19)17-14-10-6-5-9-13(14)16/h5-6,9-10,12H,2-4,7-8,11H2,1H3,(H,17,19). The Bertz CT molecular complexity index is 430. The van der Waals surface area contributed by atoms with Crippen LogP contribution in [0.4, 0.5) is 10.1 Å². The maximum absolute atomic E-state index is 13.4. The molecule has 1 saturated carbocycles. The lowest BCUT2D eigenvalue weighted by atomic mass is 9.94. The van der Waals surface area contributed by atoms with Crippen molar-refractivity contribution >= 4 is 11.6 Å². The molecule has 4 heteroatoms.